The van der Waals surface area contributed by atoms with Crippen LogP contribution in [0.2, 0.25) is 0 Å². The van der Waals surface area contributed by atoms with Crippen LogP contribution in [0.5, 0.6) is 5.75 Å². The second-order valence-corrected chi connectivity index (χ2v) is 7.79. The molecule has 0 heterocycles. The number of unbranched alkanes of at least 4 members (excludes halogenated alkanes) is 5. The van der Waals surface area contributed by atoms with Gasteiger partial charge in [-0.2, -0.15) is 0 Å². The average Bonchev–Trinajstić information content (AvgIpc) is 2.74. The van der Waals surface area contributed by atoms with Crippen molar-refractivity contribution in [3.8, 4) is 5.75 Å². The van der Waals surface area contributed by atoms with Gasteiger partial charge >= 0.3 is 8.60 Å². The summed E-state index contributed by atoms with van der Waals surface area (Å²) in [4.78, 5) is 42.6. The van der Waals surface area contributed by atoms with Gasteiger partial charge in [0.15, 0.2) is 5.75 Å². The summed E-state index contributed by atoms with van der Waals surface area (Å²) in [6.45, 7) is 1.53. The van der Waals surface area contributed by atoms with Gasteiger partial charge in [0, 0.05) is 13.0 Å². The fraction of sp³-hybridized carbons (Fsp3) is 0.600. The molecule has 0 bridgehead atoms. The largest absolute Gasteiger partial charge is 0.425 e. The zero-order chi connectivity index (χ0) is 23.1. The van der Waals surface area contributed by atoms with Crippen LogP contribution in [0.3, 0.4) is 0 Å². The van der Waals surface area contributed by atoms with E-state index in [4.69, 9.17) is 25.8 Å². The first kappa shape index (κ1) is 27.2. The van der Waals surface area contributed by atoms with Gasteiger partial charge in [-0.05, 0) is 56.5 Å². The third-order valence-corrected chi connectivity index (χ3v) is 4.88. The van der Waals surface area contributed by atoms with E-state index in [1.54, 1.807) is 0 Å². The molecule has 2 amide bonds. The van der Waals surface area contributed by atoms with E-state index in [1.807, 2.05) is 0 Å². The van der Waals surface area contributed by atoms with Crippen molar-refractivity contribution in [2.75, 3.05) is 25.0 Å². The van der Waals surface area contributed by atoms with E-state index in [0.29, 0.717) is 26.1 Å². The summed E-state index contributed by atoms with van der Waals surface area (Å²) in [6, 6.07) is 3.85. The van der Waals surface area contributed by atoms with Crippen molar-refractivity contribution >= 4 is 26.1 Å². The second kappa shape index (κ2) is 15.9. The summed E-state index contributed by atoms with van der Waals surface area (Å²) in [7, 11) is -2.73. The number of alkyl halides is 1. The Bertz CT molecular complexity index is 681. The van der Waals surface area contributed by atoms with Crippen LogP contribution in [-0.2, 0) is 9.59 Å². The van der Waals surface area contributed by atoms with Crippen molar-refractivity contribution in [2.45, 2.75) is 57.5 Å². The predicted molar refractivity (Wildman–Crippen MR) is 119 cm³/mol. The highest BCUT2D eigenvalue weighted by Crippen LogP contribution is 2.37. The summed E-state index contributed by atoms with van der Waals surface area (Å²) >= 11 is 0. The minimum Gasteiger partial charge on any atom is -0.425 e. The Balaban J connectivity index is 2.74. The Labute approximate surface area is 183 Å². The Morgan fingerprint density at radius 1 is 1.03 bits per heavy atom. The van der Waals surface area contributed by atoms with E-state index in [1.165, 1.54) is 18.2 Å². The monoisotopic (exact) mass is 460 g/mol. The number of amides is 2. The minimum atomic E-state index is -2.73. The van der Waals surface area contributed by atoms with Crippen LogP contribution < -0.4 is 26.6 Å². The molecule has 1 rings (SSSR count). The van der Waals surface area contributed by atoms with Crippen LogP contribution in [0.1, 0.15) is 63.1 Å². The molecule has 1 aromatic rings. The van der Waals surface area contributed by atoms with Gasteiger partial charge in [-0.1, -0.05) is 25.3 Å². The van der Waals surface area contributed by atoms with Crippen molar-refractivity contribution in [2.24, 2.45) is 11.5 Å². The van der Waals surface area contributed by atoms with Gasteiger partial charge in [-0.15, -0.1) is 0 Å². The standard InChI is InChI=1S/C20H34FN4O5P/c21-19(20(27)24-13-7-2-1-5-11-22)15-9-10-17(30-31(28)29)16(14-15)25-18(26)8-4-3-6-12-23/h9-10,14,19,28-29H,1-8,11-13,22-23H2,(H,24,27)(H,25,26). The Hall–Kier alpha value is -1.84. The Morgan fingerprint density at radius 3 is 2.32 bits per heavy atom. The van der Waals surface area contributed by atoms with Crippen molar-refractivity contribution in [3.05, 3.63) is 23.8 Å². The molecular weight excluding hydrogens is 426 g/mol. The lowest BCUT2D eigenvalue weighted by molar-refractivity contribution is -0.126. The molecule has 0 radical (unpaired) electrons. The maximum Gasteiger partial charge on any atom is 0.391 e. The zero-order valence-corrected chi connectivity index (χ0v) is 18.6. The molecule has 1 unspecified atom stereocenters. The Kier molecular flexibility index (Phi) is 13.9. The molecule has 1 aromatic carbocycles. The van der Waals surface area contributed by atoms with Gasteiger partial charge < -0.3 is 36.4 Å². The van der Waals surface area contributed by atoms with Gasteiger partial charge in [0.1, 0.15) is 0 Å². The molecule has 0 saturated heterocycles. The SMILES string of the molecule is NCCCCCCNC(=O)C(F)c1ccc(OP(O)O)c(NC(=O)CCCCCN)c1. The number of nitrogens with one attached hydrogen (secondary N) is 2. The molecule has 0 saturated carbocycles. The number of halogens is 1. The molecule has 1 atom stereocenters. The molecule has 0 aromatic heterocycles. The quantitative estimate of drug-likeness (QED) is 0.163. The molecule has 9 nitrogen and oxygen atoms in total. The number of rotatable bonds is 16. The molecule has 0 aliphatic rings. The lowest BCUT2D eigenvalue weighted by Gasteiger charge is -2.16. The number of benzene rings is 1. The lowest BCUT2D eigenvalue weighted by atomic mass is 10.1. The van der Waals surface area contributed by atoms with E-state index < -0.39 is 20.7 Å². The smallest absolute Gasteiger partial charge is 0.391 e. The summed E-state index contributed by atoms with van der Waals surface area (Å²) in [6.07, 6.45) is 4.02. The Morgan fingerprint density at radius 2 is 1.68 bits per heavy atom. The number of hydrogen-bond acceptors (Lipinski definition) is 7. The highest BCUT2D eigenvalue weighted by Gasteiger charge is 2.22. The summed E-state index contributed by atoms with van der Waals surface area (Å²) in [5.74, 6) is -1.14. The van der Waals surface area contributed by atoms with Crippen molar-refractivity contribution in [1.29, 1.82) is 0 Å². The third-order valence-electron chi connectivity index (χ3n) is 4.52. The van der Waals surface area contributed by atoms with Crippen LogP contribution in [-0.4, -0.2) is 41.2 Å². The number of anilines is 1. The van der Waals surface area contributed by atoms with Crippen LogP contribution >= 0.6 is 8.60 Å². The van der Waals surface area contributed by atoms with Gasteiger partial charge in [-0.3, -0.25) is 9.59 Å². The fourth-order valence-electron chi connectivity index (χ4n) is 2.87. The van der Waals surface area contributed by atoms with E-state index in [0.717, 1.165) is 38.5 Å². The van der Waals surface area contributed by atoms with Crippen molar-refractivity contribution < 1.29 is 28.3 Å². The van der Waals surface area contributed by atoms with Crippen molar-refractivity contribution in [1.82, 2.24) is 5.32 Å². The zero-order valence-electron chi connectivity index (χ0n) is 17.7. The van der Waals surface area contributed by atoms with Crippen molar-refractivity contribution in [3.63, 3.8) is 0 Å². The van der Waals surface area contributed by atoms with E-state index in [9.17, 15) is 14.0 Å². The lowest BCUT2D eigenvalue weighted by Crippen LogP contribution is -2.28. The van der Waals surface area contributed by atoms with Crippen LogP contribution in [0.4, 0.5) is 10.1 Å². The maximum absolute atomic E-state index is 14.7. The fourth-order valence-corrected chi connectivity index (χ4v) is 3.20. The van der Waals surface area contributed by atoms with Gasteiger partial charge in [0.05, 0.1) is 5.69 Å². The minimum absolute atomic E-state index is 0.0200. The first-order valence-electron chi connectivity index (χ1n) is 10.5. The number of carbonyl (C=O) groups is 2. The average molecular weight is 460 g/mol. The third kappa shape index (κ3) is 11.4. The van der Waals surface area contributed by atoms with Gasteiger partial charge in [0.25, 0.3) is 5.91 Å². The first-order chi connectivity index (χ1) is 14.9. The molecule has 0 aliphatic carbocycles. The number of carbonyl (C=O) groups excluding carboxylic acids is 2. The molecule has 8 N–H and O–H groups in total. The molecule has 31 heavy (non-hydrogen) atoms. The summed E-state index contributed by atoms with van der Waals surface area (Å²) < 4.78 is 19.6. The molecule has 0 aliphatic heterocycles. The topological polar surface area (TPSA) is 160 Å². The van der Waals surface area contributed by atoms with E-state index in [2.05, 4.69) is 10.6 Å². The maximum atomic E-state index is 14.7. The number of nitrogens with two attached hydrogens (primary N) is 2. The summed E-state index contributed by atoms with van der Waals surface area (Å²) in [5, 5.41) is 5.14. The van der Waals surface area contributed by atoms with E-state index in [-0.39, 0.29) is 29.3 Å². The predicted octanol–water partition coefficient (Wildman–Crippen LogP) is 2.38. The molecule has 0 fully saturated rings. The highest BCUT2D eigenvalue weighted by molar-refractivity contribution is 7.39. The molecule has 11 heteroatoms. The van der Waals surface area contributed by atoms with Gasteiger partial charge in [-0.25, -0.2) is 4.39 Å². The van der Waals surface area contributed by atoms with E-state index >= 15 is 0 Å². The molecular formula is C20H34FN4O5P. The summed E-state index contributed by atoms with van der Waals surface area (Å²) in [5.41, 5.74) is 10.9. The van der Waals surface area contributed by atoms with Gasteiger partial charge in [0.2, 0.25) is 12.1 Å². The van der Waals surface area contributed by atoms with Crippen LogP contribution in [0.25, 0.3) is 0 Å². The molecule has 176 valence electrons. The molecule has 0 spiro atoms. The van der Waals surface area contributed by atoms with Crippen LogP contribution in [0, 0.1) is 0 Å². The second-order valence-electron chi connectivity index (χ2n) is 7.10. The number of hydrogen-bond donors (Lipinski definition) is 6. The highest BCUT2D eigenvalue weighted by atomic mass is 31.2. The normalized spacial score (nSPS) is 11.9. The first-order valence-corrected chi connectivity index (χ1v) is 11.7. The van der Waals surface area contributed by atoms with Crippen LogP contribution in [0.15, 0.2) is 18.2 Å².